The third-order valence-electron chi connectivity index (χ3n) is 2.16. The van der Waals surface area contributed by atoms with Crippen molar-refractivity contribution in [1.29, 1.82) is 0 Å². The molecule has 1 atom stereocenters. The monoisotopic (exact) mass is 269 g/mol. The quantitative estimate of drug-likeness (QED) is 0.530. The van der Waals surface area contributed by atoms with Crippen LogP contribution >= 0.6 is 0 Å². The predicted molar refractivity (Wildman–Crippen MR) is 63.0 cm³/mol. The predicted octanol–water partition coefficient (Wildman–Crippen LogP) is 0.125. The Kier molecular flexibility index (Phi) is 5.16. The van der Waals surface area contributed by atoms with E-state index >= 15 is 0 Å². The summed E-state index contributed by atoms with van der Waals surface area (Å²) in [5.74, 6) is -2.43. The molecule has 0 saturated carbocycles. The number of nitrogens with zero attached hydrogens (tertiary/aromatic N) is 3. The van der Waals surface area contributed by atoms with Gasteiger partial charge < -0.3 is 14.2 Å². The van der Waals surface area contributed by atoms with Crippen LogP contribution in [0.15, 0.2) is 0 Å². The molecule has 1 heterocycles. The molecular formula is C11H15N3O5. The van der Waals surface area contributed by atoms with E-state index in [4.69, 9.17) is 14.2 Å². The van der Waals surface area contributed by atoms with Crippen LogP contribution in [0, 0.1) is 0 Å². The van der Waals surface area contributed by atoms with Crippen LogP contribution < -0.4 is 9.47 Å². The van der Waals surface area contributed by atoms with E-state index < -0.39 is 17.7 Å². The third kappa shape index (κ3) is 3.60. The van der Waals surface area contributed by atoms with Gasteiger partial charge in [0.05, 0.1) is 20.8 Å². The molecule has 1 aromatic heterocycles. The number of ketones is 1. The lowest BCUT2D eigenvalue weighted by atomic mass is 10.1. The highest BCUT2D eigenvalue weighted by Crippen LogP contribution is 2.19. The van der Waals surface area contributed by atoms with Crippen LogP contribution in [0.2, 0.25) is 0 Å². The lowest BCUT2D eigenvalue weighted by Crippen LogP contribution is -2.25. The van der Waals surface area contributed by atoms with Gasteiger partial charge in [-0.05, 0) is 13.8 Å². The van der Waals surface area contributed by atoms with Crippen LogP contribution in [0.1, 0.15) is 25.6 Å². The second kappa shape index (κ2) is 6.62. The largest absolute Gasteiger partial charge is 0.467 e. The Hall–Kier alpha value is -2.25. The highest BCUT2D eigenvalue weighted by Gasteiger charge is 2.31. The zero-order valence-electron chi connectivity index (χ0n) is 11.2. The van der Waals surface area contributed by atoms with Crippen molar-refractivity contribution >= 4 is 11.8 Å². The van der Waals surface area contributed by atoms with E-state index in [0.29, 0.717) is 0 Å². The standard InChI is InChI=1S/C11H15N3O5/c1-5-19-9(16)7(6(2)15)8-12-10(17-3)14-11(13-8)18-4/h7H,5H2,1-4H3. The van der Waals surface area contributed by atoms with E-state index in [1.807, 2.05) is 0 Å². The Bertz CT molecular complexity index is 455. The number of methoxy groups -OCH3 is 2. The topological polar surface area (TPSA) is 101 Å². The van der Waals surface area contributed by atoms with Gasteiger partial charge in [-0.3, -0.25) is 9.59 Å². The number of rotatable bonds is 6. The van der Waals surface area contributed by atoms with Gasteiger partial charge in [-0.1, -0.05) is 0 Å². The van der Waals surface area contributed by atoms with E-state index in [0.717, 1.165) is 0 Å². The molecule has 1 rings (SSSR count). The number of hydrogen-bond donors (Lipinski definition) is 0. The van der Waals surface area contributed by atoms with Crippen molar-refractivity contribution in [2.24, 2.45) is 0 Å². The molecule has 0 amide bonds. The van der Waals surface area contributed by atoms with Gasteiger partial charge in [0.25, 0.3) is 0 Å². The molecule has 0 aromatic carbocycles. The van der Waals surface area contributed by atoms with Crippen LogP contribution in [0.5, 0.6) is 12.0 Å². The lowest BCUT2D eigenvalue weighted by Gasteiger charge is -2.12. The van der Waals surface area contributed by atoms with E-state index in [-0.39, 0.29) is 24.5 Å². The zero-order chi connectivity index (χ0) is 14.4. The fourth-order valence-corrected chi connectivity index (χ4v) is 1.34. The minimum Gasteiger partial charge on any atom is -0.467 e. The summed E-state index contributed by atoms with van der Waals surface area (Å²) in [5.41, 5.74) is 0. The molecule has 19 heavy (non-hydrogen) atoms. The van der Waals surface area contributed by atoms with Gasteiger partial charge in [0.2, 0.25) is 0 Å². The molecule has 0 aliphatic carbocycles. The molecule has 0 saturated heterocycles. The molecule has 0 fully saturated rings. The number of esters is 1. The van der Waals surface area contributed by atoms with Crippen molar-refractivity contribution in [3.63, 3.8) is 0 Å². The minimum absolute atomic E-state index is 0.0441. The Balaban J connectivity index is 3.21. The smallest absolute Gasteiger partial charge is 0.324 e. The molecule has 1 aromatic rings. The lowest BCUT2D eigenvalue weighted by molar-refractivity contribution is -0.147. The number of aromatic nitrogens is 3. The molecule has 104 valence electrons. The second-order valence-electron chi connectivity index (χ2n) is 3.46. The molecule has 8 nitrogen and oxygen atoms in total. The second-order valence-corrected chi connectivity index (χ2v) is 3.46. The maximum absolute atomic E-state index is 11.8. The number of Topliss-reactive ketones (excluding diaryl/α,β-unsaturated/α-hetero) is 1. The Morgan fingerprint density at radius 3 is 2.00 bits per heavy atom. The van der Waals surface area contributed by atoms with Crippen molar-refractivity contribution in [2.75, 3.05) is 20.8 Å². The summed E-state index contributed by atoms with van der Waals surface area (Å²) in [6.45, 7) is 3.05. The molecule has 0 spiro atoms. The summed E-state index contributed by atoms with van der Waals surface area (Å²) in [4.78, 5) is 34.9. The maximum atomic E-state index is 11.8. The normalized spacial score (nSPS) is 11.6. The van der Waals surface area contributed by atoms with Gasteiger partial charge in [0.1, 0.15) is 0 Å². The van der Waals surface area contributed by atoms with Crippen LogP contribution in [0.25, 0.3) is 0 Å². The summed E-state index contributed by atoms with van der Waals surface area (Å²) in [5, 5.41) is 0. The van der Waals surface area contributed by atoms with Gasteiger partial charge in [-0.2, -0.15) is 9.97 Å². The maximum Gasteiger partial charge on any atom is 0.324 e. The molecule has 8 heteroatoms. The molecule has 0 radical (unpaired) electrons. The van der Waals surface area contributed by atoms with Crippen molar-refractivity contribution in [3.8, 4) is 12.0 Å². The number of ether oxygens (including phenoxy) is 3. The fourth-order valence-electron chi connectivity index (χ4n) is 1.34. The third-order valence-corrected chi connectivity index (χ3v) is 2.16. The molecular weight excluding hydrogens is 254 g/mol. The molecule has 1 unspecified atom stereocenters. The highest BCUT2D eigenvalue weighted by atomic mass is 16.5. The number of carbonyl (C=O) groups excluding carboxylic acids is 2. The van der Waals surface area contributed by atoms with Crippen LogP contribution in [0.3, 0.4) is 0 Å². The zero-order valence-corrected chi connectivity index (χ0v) is 11.2. The van der Waals surface area contributed by atoms with E-state index in [9.17, 15) is 9.59 Å². The first-order chi connectivity index (χ1) is 9.03. The van der Waals surface area contributed by atoms with Crippen molar-refractivity contribution in [3.05, 3.63) is 5.82 Å². The first-order valence-corrected chi connectivity index (χ1v) is 5.54. The van der Waals surface area contributed by atoms with Crippen molar-refractivity contribution < 1.29 is 23.8 Å². The van der Waals surface area contributed by atoms with E-state index in [1.54, 1.807) is 6.92 Å². The van der Waals surface area contributed by atoms with Crippen LogP contribution in [-0.2, 0) is 14.3 Å². The average Bonchev–Trinajstić information content (AvgIpc) is 2.38. The number of hydrogen-bond acceptors (Lipinski definition) is 8. The van der Waals surface area contributed by atoms with E-state index in [2.05, 4.69) is 15.0 Å². The summed E-state index contributed by atoms with van der Waals surface area (Å²) >= 11 is 0. The van der Waals surface area contributed by atoms with Gasteiger partial charge in [-0.15, -0.1) is 4.98 Å². The minimum atomic E-state index is -1.22. The molecule has 0 aliphatic rings. The van der Waals surface area contributed by atoms with Gasteiger partial charge >= 0.3 is 18.0 Å². The molecule has 0 aliphatic heterocycles. The average molecular weight is 269 g/mol. The Morgan fingerprint density at radius 2 is 1.63 bits per heavy atom. The van der Waals surface area contributed by atoms with Crippen molar-refractivity contribution in [1.82, 2.24) is 15.0 Å². The Labute approximate surface area is 110 Å². The van der Waals surface area contributed by atoms with Crippen LogP contribution in [0.4, 0.5) is 0 Å². The summed E-state index contributed by atoms with van der Waals surface area (Å²) in [6.07, 6.45) is 0. The fraction of sp³-hybridized carbons (Fsp3) is 0.545. The number of carbonyl (C=O) groups is 2. The summed E-state index contributed by atoms with van der Waals surface area (Å²) < 4.78 is 14.5. The first kappa shape index (κ1) is 14.8. The van der Waals surface area contributed by atoms with E-state index in [1.165, 1.54) is 21.1 Å². The van der Waals surface area contributed by atoms with Crippen molar-refractivity contribution in [2.45, 2.75) is 19.8 Å². The summed E-state index contributed by atoms with van der Waals surface area (Å²) in [7, 11) is 2.71. The van der Waals surface area contributed by atoms with Gasteiger partial charge in [0.15, 0.2) is 17.5 Å². The Morgan fingerprint density at radius 1 is 1.11 bits per heavy atom. The SMILES string of the molecule is CCOC(=O)C(C(C)=O)c1nc(OC)nc(OC)n1. The highest BCUT2D eigenvalue weighted by molar-refractivity contribution is 6.02. The van der Waals surface area contributed by atoms with Gasteiger partial charge in [-0.25, -0.2) is 0 Å². The molecule has 0 N–H and O–H groups in total. The molecule has 0 bridgehead atoms. The first-order valence-electron chi connectivity index (χ1n) is 5.54. The van der Waals surface area contributed by atoms with Crippen LogP contribution in [-0.4, -0.2) is 47.5 Å². The summed E-state index contributed by atoms with van der Waals surface area (Å²) in [6, 6.07) is -0.0882. The van der Waals surface area contributed by atoms with Gasteiger partial charge in [0, 0.05) is 0 Å².